The first-order valence-electron chi connectivity index (χ1n) is 10.4. The van der Waals surface area contributed by atoms with E-state index in [1.54, 1.807) is 0 Å². The van der Waals surface area contributed by atoms with Crippen LogP contribution in [0.1, 0.15) is 43.2 Å². The van der Waals surface area contributed by atoms with Crippen LogP contribution >= 0.6 is 0 Å². The van der Waals surface area contributed by atoms with Crippen LogP contribution in [-0.2, 0) is 13.1 Å². The summed E-state index contributed by atoms with van der Waals surface area (Å²) in [4.78, 5) is 14.9. The monoisotopic (exact) mass is 395 g/mol. The largest absolute Gasteiger partial charge is 0.454 e. The fourth-order valence-electron chi connectivity index (χ4n) is 4.10. The highest BCUT2D eigenvalue weighted by Crippen LogP contribution is 2.32. The maximum Gasteiger partial charge on any atom is 0.319 e. The van der Waals surface area contributed by atoms with E-state index in [1.807, 2.05) is 36.4 Å². The standard InChI is InChI=1S/C23H29N3O3/c1-26(19-8-3-2-4-9-19)15-18-7-5-6-10-20(18)25-23(27)24-14-17-11-12-21-22(13-17)29-16-28-21/h5-7,10-13,19H,2-4,8-9,14-16H2,1H3,(H2,24,25,27). The van der Waals surface area contributed by atoms with Crippen molar-refractivity contribution in [2.45, 2.75) is 51.2 Å². The Labute approximate surface area is 172 Å². The van der Waals surface area contributed by atoms with Crippen LogP contribution in [0.5, 0.6) is 11.5 Å². The number of hydrogen-bond acceptors (Lipinski definition) is 4. The van der Waals surface area contributed by atoms with Gasteiger partial charge in [0.25, 0.3) is 0 Å². The van der Waals surface area contributed by atoms with E-state index in [1.165, 1.54) is 32.1 Å². The SMILES string of the molecule is CN(Cc1ccccc1NC(=O)NCc1ccc2c(c1)OCO2)C1CCCCC1. The van der Waals surface area contributed by atoms with Crippen LogP contribution in [0.15, 0.2) is 42.5 Å². The van der Waals surface area contributed by atoms with Crippen LogP contribution in [-0.4, -0.2) is 30.8 Å². The first-order valence-corrected chi connectivity index (χ1v) is 10.4. The summed E-state index contributed by atoms with van der Waals surface area (Å²) in [5.41, 5.74) is 2.96. The molecule has 6 nitrogen and oxygen atoms in total. The normalized spacial score (nSPS) is 16.1. The first kappa shape index (κ1) is 19.6. The third kappa shape index (κ3) is 5.01. The lowest BCUT2D eigenvalue weighted by molar-refractivity contribution is 0.174. The van der Waals surface area contributed by atoms with Crippen molar-refractivity contribution in [3.05, 3.63) is 53.6 Å². The second-order valence-corrected chi connectivity index (χ2v) is 7.86. The van der Waals surface area contributed by atoms with Gasteiger partial charge in [-0.25, -0.2) is 4.79 Å². The number of fused-ring (bicyclic) bond motifs is 1. The van der Waals surface area contributed by atoms with Crippen LogP contribution < -0.4 is 20.1 Å². The van der Waals surface area contributed by atoms with E-state index in [4.69, 9.17) is 9.47 Å². The Hall–Kier alpha value is -2.73. The number of hydrogen-bond donors (Lipinski definition) is 2. The molecule has 0 spiro atoms. The van der Waals surface area contributed by atoms with Crippen LogP contribution in [0, 0.1) is 0 Å². The Morgan fingerprint density at radius 3 is 2.72 bits per heavy atom. The highest BCUT2D eigenvalue weighted by Gasteiger charge is 2.19. The van der Waals surface area contributed by atoms with Gasteiger partial charge in [-0.2, -0.15) is 0 Å². The molecule has 1 fully saturated rings. The summed E-state index contributed by atoms with van der Waals surface area (Å²) in [6.07, 6.45) is 6.52. The Morgan fingerprint density at radius 2 is 1.86 bits per heavy atom. The molecule has 2 N–H and O–H groups in total. The minimum Gasteiger partial charge on any atom is -0.454 e. The van der Waals surface area contributed by atoms with E-state index < -0.39 is 0 Å². The number of nitrogens with one attached hydrogen (secondary N) is 2. The van der Waals surface area contributed by atoms with Gasteiger partial charge in [0.2, 0.25) is 6.79 Å². The maximum absolute atomic E-state index is 12.5. The molecule has 1 heterocycles. The molecule has 154 valence electrons. The van der Waals surface area contributed by atoms with Crippen molar-refractivity contribution in [3.8, 4) is 11.5 Å². The molecule has 0 bridgehead atoms. The lowest BCUT2D eigenvalue weighted by atomic mass is 9.94. The number of nitrogens with zero attached hydrogens (tertiary/aromatic N) is 1. The number of urea groups is 1. The van der Waals surface area contributed by atoms with Gasteiger partial charge in [0, 0.05) is 24.8 Å². The van der Waals surface area contributed by atoms with Gasteiger partial charge in [-0.3, -0.25) is 4.90 Å². The zero-order valence-electron chi connectivity index (χ0n) is 16.9. The van der Waals surface area contributed by atoms with Gasteiger partial charge in [-0.15, -0.1) is 0 Å². The summed E-state index contributed by atoms with van der Waals surface area (Å²) in [7, 11) is 2.19. The molecular formula is C23H29N3O3. The lowest BCUT2D eigenvalue weighted by Crippen LogP contribution is -2.33. The Balaban J connectivity index is 1.33. The van der Waals surface area contributed by atoms with Gasteiger partial charge in [-0.05, 0) is 49.2 Å². The molecule has 1 aliphatic carbocycles. The summed E-state index contributed by atoms with van der Waals surface area (Å²) in [5, 5.41) is 5.93. The number of para-hydroxylation sites is 1. The van der Waals surface area contributed by atoms with E-state index in [0.717, 1.165) is 34.9 Å². The van der Waals surface area contributed by atoms with E-state index in [-0.39, 0.29) is 12.8 Å². The maximum atomic E-state index is 12.5. The molecule has 0 atom stereocenters. The molecule has 0 unspecified atom stereocenters. The number of anilines is 1. The van der Waals surface area contributed by atoms with Crippen molar-refractivity contribution in [2.24, 2.45) is 0 Å². The topological polar surface area (TPSA) is 62.8 Å². The van der Waals surface area contributed by atoms with E-state index in [0.29, 0.717) is 12.6 Å². The molecule has 2 aliphatic rings. The van der Waals surface area contributed by atoms with Crippen molar-refractivity contribution in [1.82, 2.24) is 10.2 Å². The third-order valence-corrected chi connectivity index (χ3v) is 5.77. The average Bonchev–Trinajstić information content (AvgIpc) is 3.22. The molecule has 0 radical (unpaired) electrons. The zero-order valence-corrected chi connectivity index (χ0v) is 16.9. The summed E-state index contributed by atoms with van der Waals surface area (Å²) in [6, 6.07) is 14.2. The van der Waals surface area contributed by atoms with Gasteiger partial charge in [-0.1, -0.05) is 43.5 Å². The molecule has 4 rings (SSSR count). The van der Waals surface area contributed by atoms with E-state index in [9.17, 15) is 4.79 Å². The third-order valence-electron chi connectivity index (χ3n) is 5.77. The number of benzene rings is 2. The fraction of sp³-hybridized carbons (Fsp3) is 0.435. The number of amides is 2. The molecule has 0 aromatic heterocycles. The summed E-state index contributed by atoms with van der Waals surface area (Å²) < 4.78 is 10.7. The highest BCUT2D eigenvalue weighted by molar-refractivity contribution is 5.90. The van der Waals surface area contributed by atoms with Gasteiger partial charge in [0.1, 0.15) is 0 Å². The highest BCUT2D eigenvalue weighted by atomic mass is 16.7. The lowest BCUT2D eigenvalue weighted by Gasteiger charge is -2.31. The Morgan fingerprint density at radius 1 is 1.07 bits per heavy atom. The Bertz CT molecular complexity index is 849. The van der Waals surface area contributed by atoms with Gasteiger partial charge < -0.3 is 20.1 Å². The van der Waals surface area contributed by atoms with Gasteiger partial charge in [0.05, 0.1) is 0 Å². The van der Waals surface area contributed by atoms with Crippen LogP contribution in [0.4, 0.5) is 10.5 Å². The van der Waals surface area contributed by atoms with E-state index >= 15 is 0 Å². The smallest absolute Gasteiger partial charge is 0.319 e. The number of carbonyl (C=O) groups excluding carboxylic acids is 1. The Kier molecular flexibility index (Phi) is 6.20. The first-order chi connectivity index (χ1) is 14.2. The van der Waals surface area contributed by atoms with Crippen LogP contribution in [0.2, 0.25) is 0 Å². The summed E-state index contributed by atoms with van der Waals surface area (Å²) in [6.45, 7) is 1.51. The van der Waals surface area contributed by atoms with Gasteiger partial charge in [0.15, 0.2) is 11.5 Å². The quantitative estimate of drug-likeness (QED) is 0.756. The van der Waals surface area contributed by atoms with Crippen molar-refractivity contribution in [3.63, 3.8) is 0 Å². The second kappa shape index (κ2) is 9.18. The molecule has 1 aliphatic heterocycles. The van der Waals surface area contributed by atoms with Crippen molar-refractivity contribution < 1.29 is 14.3 Å². The molecule has 2 aromatic rings. The summed E-state index contributed by atoms with van der Waals surface area (Å²) in [5.74, 6) is 1.47. The van der Waals surface area contributed by atoms with Crippen LogP contribution in [0.25, 0.3) is 0 Å². The fourth-order valence-corrected chi connectivity index (χ4v) is 4.10. The zero-order chi connectivity index (χ0) is 20.1. The molecule has 0 saturated heterocycles. The number of rotatable bonds is 6. The number of carbonyl (C=O) groups is 1. The molecule has 1 saturated carbocycles. The van der Waals surface area contributed by atoms with Gasteiger partial charge >= 0.3 is 6.03 Å². The minimum atomic E-state index is -0.213. The predicted molar refractivity (Wildman–Crippen MR) is 113 cm³/mol. The average molecular weight is 396 g/mol. The molecule has 2 amide bonds. The van der Waals surface area contributed by atoms with E-state index in [2.05, 4.69) is 28.6 Å². The van der Waals surface area contributed by atoms with Crippen molar-refractivity contribution >= 4 is 11.7 Å². The molecule has 29 heavy (non-hydrogen) atoms. The van der Waals surface area contributed by atoms with Crippen molar-refractivity contribution in [2.75, 3.05) is 19.2 Å². The molecule has 6 heteroatoms. The number of ether oxygens (including phenoxy) is 2. The second-order valence-electron chi connectivity index (χ2n) is 7.86. The van der Waals surface area contributed by atoms with Crippen LogP contribution in [0.3, 0.4) is 0 Å². The predicted octanol–water partition coefficient (Wildman–Crippen LogP) is 4.50. The molecular weight excluding hydrogens is 366 g/mol. The van der Waals surface area contributed by atoms with Crippen molar-refractivity contribution in [1.29, 1.82) is 0 Å². The molecule has 2 aromatic carbocycles. The summed E-state index contributed by atoms with van der Waals surface area (Å²) >= 11 is 0. The minimum absolute atomic E-state index is 0.213.